The SMILES string of the molecule is CCc1nn(CC(C)(C)COC(=O)c2ccc(C(=O)N3CCN(C(C)=O)CC3)cc2)c2c1C(=O)NCCCOCCC2. The van der Waals surface area contributed by atoms with Crippen molar-refractivity contribution < 1.29 is 28.7 Å². The van der Waals surface area contributed by atoms with Crippen molar-refractivity contribution >= 4 is 23.7 Å². The molecule has 3 amide bonds. The van der Waals surface area contributed by atoms with Gasteiger partial charge in [0, 0.05) is 70.4 Å². The molecular weight excluding hydrogens is 538 g/mol. The first-order valence-corrected chi connectivity index (χ1v) is 14.9. The average Bonchev–Trinajstić information content (AvgIpc) is 3.31. The first-order chi connectivity index (χ1) is 20.1. The van der Waals surface area contributed by atoms with Crippen molar-refractivity contribution in [2.24, 2.45) is 5.41 Å². The van der Waals surface area contributed by atoms with E-state index >= 15 is 0 Å². The minimum atomic E-state index is -0.470. The largest absolute Gasteiger partial charge is 0.461 e. The van der Waals surface area contributed by atoms with Gasteiger partial charge >= 0.3 is 5.97 Å². The van der Waals surface area contributed by atoms with Gasteiger partial charge in [0.2, 0.25) is 5.91 Å². The predicted octanol–water partition coefficient (Wildman–Crippen LogP) is 2.72. The Morgan fingerprint density at radius 3 is 2.31 bits per heavy atom. The number of carbonyl (C=O) groups is 4. The summed E-state index contributed by atoms with van der Waals surface area (Å²) in [5.41, 5.74) is 2.70. The lowest BCUT2D eigenvalue weighted by atomic mass is 9.94. The van der Waals surface area contributed by atoms with Gasteiger partial charge in [0.1, 0.15) is 0 Å². The van der Waals surface area contributed by atoms with Crippen LogP contribution in [0.2, 0.25) is 0 Å². The van der Waals surface area contributed by atoms with Crippen LogP contribution in [-0.4, -0.2) is 95.8 Å². The molecule has 42 heavy (non-hydrogen) atoms. The van der Waals surface area contributed by atoms with Gasteiger partial charge in [-0.05, 0) is 49.9 Å². The Kier molecular flexibility index (Phi) is 10.4. The molecule has 1 aromatic carbocycles. The maximum atomic E-state index is 13.0. The van der Waals surface area contributed by atoms with E-state index in [1.807, 2.05) is 25.5 Å². The highest BCUT2D eigenvalue weighted by Crippen LogP contribution is 2.25. The van der Waals surface area contributed by atoms with Crippen LogP contribution < -0.4 is 5.32 Å². The molecular formula is C31H43N5O6. The summed E-state index contributed by atoms with van der Waals surface area (Å²) in [4.78, 5) is 53.8. The van der Waals surface area contributed by atoms with E-state index in [0.29, 0.717) is 82.0 Å². The van der Waals surface area contributed by atoms with Crippen LogP contribution in [0.5, 0.6) is 0 Å². The lowest BCUT2D eigenvalue weighted by Gasteiger charge is -2.34. The van der Waals surface area contributed by atoms with Crippen LogP contribution in [0.25, 0.3) is 0 Å². The van der Waals surface area contributed by atoms with E-state index in [4.69, 9.17) is 14.6 Å². The van der Waals surface area contributed by atoms with Crippen LogP contribution in [0.3, 0.4) is 0 Å². The normalized spacial score (nSPS) is 16.7. The van der Waals surface area contributed by atoms with Gasteiger partial charge in [-0.3, -0.25) is 19.1 Å². The van der Waals surface area contributed by atoms with E-state index in [1.54, 1.807) is 34.1 Å². The summed E-state index contributed by atoms with van der Waals surface area (Å²) in [5.74, 6) is -0.679. The Bertz CT molecular complexity index is 1280. The number of hydrogen-bond donors (Lipinski definition) is 1. The van der Waals surface area contributed by atoms with Crippen LogP contribution in [0.4, 0.5) is 0 Å². The molecule has 4 rings (SSSR count). The maximum Gasteiger partial charge on any atom is 0.338 e. The number of amides is 3. The van der Waals surface area contributed by atoms with Gasteiger partial charge in [-0.25, -0.2) is 4.79 Å². The number of ether oxygens (including phenoxy) is 2. The Morgan fingerprint density at radius 1 is 1.00 bits per heavy atom. The standard InChI is InChI=1S/C31H43N5O6/c1-5-25-27-26(8-6-18-41-19-7-13-32-28(27)38)36(33-25)20-31(3,4)21-42-30(40)24-11-9-23(10-12-24)29(39)35-16-14-34(15-17-35)22(2)37/h9-12H,5-8,13-21H2,1-4H3,(H,32,38). The number of nitrogens with zero attached hydrogens (tertiary/aromatic N) is 4. The molecule has 0 spiro atoms. The van der Waals surface area contributed by atoms with Gasteiger partial charge in [0.25, 0.3) is 11.8 Å². The molecule has 2 aliphatic heterocycles. The van der Waals surface area contributed by atoms with Crippen LogP contribution in [0, 0.1) is 5.41 Å². The second-order valence-electron chi connectivity index (χ2n) is 11.7. The molecule has 1 saturated heterocycles. The number of esters is 1. The van der Waals surface area contributed by atoms with Gasteiger partial charge in [0.05, 0.1) is 29.1 Å². The fourth-order valence-corrected chi connectivity index (χ4v) is 5.31. The first-order valence-electron chi connectivity index (χ1n) is 14.9. The van der Waals surface area contributed by atoms with Crippen LogP contribution in [0.15, 0.2) is 24.3 Å². The van der Waals surface area contributed by atoms with Crippen LogP contribution >= 0.6 is 0 Å². The minimum absolute atomic E-state index is 0.0114. The smallest absolute Gasteiger partial charge is 0.338 e. The zero-order valence-electron chi connectivity index (χ0n) is 25.2. The highest BCUT2D eigenvalue weighted by molar-refractivity contribution is 5.97. The minimum Gasteiger partial charge on any atom is -0.461 e. The number of fused-ring (bicyclic) bond motifs is 1. The second kappa shape index (κ2) is 14.0. The number of benzene rings is 1. The van der Waals surface area contributed by atoms with E-state index < -0.39 is 11.4 Å². The summed E-state index contributed by atoms with van der Waals surface area (Å²) < 4.78 is 13.3. The summed E-state index contributed by atoms with van der Waals surface area (Å²) in [6.45, 7) is 12.0. The zero-order valence-corrected chi connectivity index (χ0v) is 25.2. The van der Waals surface area contributed by atoms with Crippen molar-refractivity contribution in [3.05, 3.63) is 52.3 Å². The van der Waals surface area contributed by atoms with Gasteiger partial charge in [-0.15, -0.1) is 0 Å². The molecule has 228 valence electrons. The van der Waals surface area contributed by atoms with E-state index in [0.717, 1.165) is 24.2 Å². The summed E-state index contributed by atoms with van der Waals surface area (Å²) in [6, 6.07) is 6.48. The summed E-state index contributed by atoms with van der Waals surface area (Å²) in [5, 5.41) is 7.80. The number of nitrogens with one attached hydrogen (secondary N) is 1. The molecule has 11 heteroatoms. The zero-order chi connectivity index (χ0) is 30.3. The number of piperazine rings is 1. The van der Waals surface area contributed by atoms with Crippen molar-refractivity contribution in [1.82, 2.24) is 24.9 Å². The molecule has 1 aromatic heterocycles. The molecule has 0 radical (unpaired) electrons. The molecule has 2 aromatic rings. The fraction of sp³-hybridized carbons (Fsp3) is 0.581. The Hall–Kier alpha value is -3.73. The van der Waals surface area contributed by atoms with E-state index in [-0.39, 0.29) is 24.3 Å². The monoisotopic (exact) mass is 581 g/mol. The highest BCUT2D eigenvalue weighted by Gasteiger charge is 2.29. The molecule has 0 bridgehead atoms. The number of aromatic nitrogens is 2. The third-order valence-corrected chi connectivity index (χ3v) is 7.70. The van der Waals surface area contributed by atoms with Crippen molar-refractivity contribution in [3.63, 3.8) is 0 Å². The molecule has 0 aliphatic carbocycles. The van der Waals surface area contributed by atoms with Gasteiger partial charge in [0.15, 0.2) is 0 Å². The van der Waals surface area contributed by atoms with E-state index in [1.165, 1.54) is 6.92 Å². The lowest BCUT2D eigenvalue weighted by molar-refractivity contribution is -0.130. The molecule has 0 saturated carbocycles. The van der Waals surface area contributed by atoms with Crippen LogP contribution in [0.1, 0.15) is 83.0 Å². The highest BCUT2D eigenvalue weighted by atomic mass is 16.5. The Morgan fingerprint density at radius 2 is 1.64 bits per heavy atom. The molecule has 0 unspecified atom stereocenters. The summed E-state index contributed by atoms with van der Waals surface area (Å²) in [7, 11) is 0. The number of rotatable bonds is 7. The molecule has 1 fully saturated rings. The van der Waals surface area contributed by atoms with Crippen molar-refractivity contribution in [2.45, 2.75) is 59.9 Å². The molecule has 11 nitrogen and oxygen atoms in total. The number of aryl methyl sites for hydroxylation is 1. The lowest BCUT2D eigenvalue weighted by Crippen LogP contribution is -2.50. The first kappa shape index (κ1) is 31.2. The van der Waals surface area contributed by atoms with Gasteiger partial charge < -0.3 is 24.6 Å². The van der Waals surface area contributed by atoms with Crippen molar-refractivity contribution in [1.29, 1.82) is 0 Å². The maximum absolute atomic E-state index is 13.0. The molecule has 0 atom stereocenters. The Balaban J connectivity index is 1.37. The number of hydrogen-bond acceptors (Lipinski definition) is 7. The van der Waals surface area contributed by atoms with E-state index in [2.05, 4.69) is 5.32 Å². The van der Waals surface area contributed by atoms with Crippen molar-refractivity contribution in [2.75, 3.05) is 52.5 Å². The Labute approximate surface area is 247 Å². The van der Waals surface area contributed by atoms with Gasteiger partial charge in [-0.1, -0.05) is 20.8 Å². The topological polar surface area (TPSA) is 123 Å². The summed E-state index contributed by atoms with van der Waals surface area (Å²) >= 11 is 0. The summed E-state index contributed by atoms with van der Waals surface area (Å²) in [6.07, 6.45) is 2.87. The molecule has 2 aliphatic rings. The number of carbonyl (C=O) groups excluding carboxylic acids is 4. The average molecular weight is 582 g/mol. The van der Waals surface area contributed by atoms with E-state index in [9.17, 15) is 19.2 Å². The fourth-order valence-electron chi connectivity index (χ4n) is 5.31. The third kappa shape index (κ3) is 7.76. The predicted molar refractivity (Wildman–Crippen MR) is 156 cm³/mol. The van der Waals surface area contributed by atoms with Crippen LogP contribution in [-0.2, 0) is 33.7 Å². The quantitative estimate of drug-likeness (QED) is 0.499. The van der Waals surface area contributed by atoms with Crippen molar-refractivity contribution in [3.8, 4) is 0 Å². The van der Waals surface area contributed by atoms with Gasteiger partial charge in [-0.2, -0.15) is 5.10 Å². The second-order valence-corrected chi connectivity index (χ2v) is 11.7. The molecule has 3 heterocycles. The molecule has 1 N–H and O–H groups in total. The third-order valence-electron chi connectivity index (χ3n) is 7.70.